The third-order valence-corrected chi connectivity index (χ3v) is 1.57. The Balaban J connectivity index is 2.60. The van der Waals surface area contributed by atoms with Gasteiger partial charge in [0, 0.05) is 6.61 Å². The molecule has 3 N–H and O–H groups in total. The smallest absolute Gasteiger partial charge is 0.120 e. The highest BCUT2D eigenvalue weighted by molar-refractivity contribution is 5.08. The molecule has 11 heavy (non-hydrogen) atoms. The number of aliphatic hydroxyl groups is 1. The Morgan fingerprint density at radius 1 is 1.64 bits per heavy atom. The second-order valence-electron chi connectivity index (χ2n) is 2.57. The average molecular weight is 155 g/mol. The summed E-state index contributed by atoms with van der Waals surface area (Å²) in [6, 6.07) is 3.54. The number of rotatable bonds is 3. The molecule has 0 aliphatic rings. The lowest BCUT2D eigenvalue weighted by molar-refractivity contribution is 0.268. The Morgan fingerprint density at radius 3 is 2.82 bits per heavy atom. The predicted octanol–water partition coefficient (Wildman–Crippen LogP) is 0.970. The van der Waals surface area contributed by atoms with E-state index in [4.69, 9.17) is 15.3 Å². The van der Waals surface area contributed by atoms with E-state index >= 15 is 0 Å². The normalized spacial score (nSPS) is 13.4. The molecule has 0 bridgehead atoms. The molecule has 0 aliphatic heterocycles. The van der Waals surface area contributed by atoms with Crippen molar-refractivity contribution < 1.29 is 9.52 Å². The van der Waals surface area contributed by atoms with Crippen LogP contribution >= 0.6 is 0 Å². The fourth-order valence-corrected chi connectivity index (χ4v) is 0.934. The van der Waals surface area contributed by atoms with Crippen LogP contribution in [0.3, 0.4) is 0 Å². The fraction of sp³-hybridized carbons (Fsp3) is 0.500. The maximum Gasteiger partial charge on any atom is 0.120 e. The minimum absolute atomic E-state index is 0.0981. The van der Waals surface area contributed by atoms with Gasteiger partial charge in [-0.1, -0.05) is 0 Å². The summed E-state index contributed by atoms with van der Waals surface area (Å²) in [4.78, 5) is 0. The van der Waals surface area contributed by atoms with Crippen molar-refractivity contribution in [3.8, 4) is 0 Å². The van der Waals surface area contributed by atoms with Crippen molar-refractivity contribution in [2.24, 2.45) is 5.73 Å². The van der Waals surface area contributed by atoms with E-state index in [1.807, 2.05) is 19.1 Å². The molecule has 0 saturated heterocycles. The van der Waals surface area contributed by atoms with E-state index in [0.717, 1.165) is 11.5 Å². The topological polar surface area (TPSA) is 59.4 Å². The van der Waals surface area contributed by atoms with Crippen LogP contribution in [0.2, 0.25) is 0 Å². The lowest BCUT2D eigenvalue weighted by Gasteiger charge is -2.04. The number of aliphatic hydroxyl groups excluding tert-OH is 1. The molecule has 1 rings (SSSR count). The van der Waals surface area contributed by atoms with Crippen LogP contribution in [0.5, 0.6) is 0 Å². The summed E-state index contributed by atoms with van der Waals surface area (Å²) < 4.78 is 5.26. The lowest BCUT2D eigenvalue weighted by Crippen LogP contribution is -2.10. The molecule has 62 valence electrons. The number of aryl methyl sites for hydroxylation is 1. The van der Waals surface area contributed by atoms with Gasteiger partial charge in [0.05, 0.1) is 6.04 Å². The molecule has 0 amide bonds. The Bertz CT molecular complexity index is 220. The predicted molar refractivity (Wildman–Crippen MR) is 42.1 cm³/mol. The van der Waals surface area contributed by atoms with Gasteiger partial charge in [-0.05, 0) is 25.5 Å². The zero-order chi connectivity index (χ0) is 8.27. The molecule has 0 aromatic carbocycles. The lowest BCUT2D eigenvalue weighted by atomic mass is 10.2. The third-order valence-electron chi connectivity index (χ3n) is 1.57. The van der Waals surface area contributed by atoms with Gasteiger partial charge < -0.3 is 15.3 Å². The highest BCUT2D eigenvalue weighted by atomic mass is 16.3. The summed E-state index contributed by atoms with van der Waals surface area (Å²) in [6.45, 7) is 1.97. The van der Waals surface area contributed by atoms with E-state index in [9.17, 15) is 0 Å². The van der Waals surface area contributed by atoms with Crippen LogP contribution in [0.15, 0.2) is 16.5 Å². The molecular formula is C8H13NO2. The van der Waals surface area contributed by atoms with Gasteiger partial charge in [-0.15, -0.1) is 0 Å². The molecular weight excluding hydrogens is 142 g/mol. The van der Waals surface area contributed by atoms with Crippen molar-refractivity contribution >= 4 is 0 Å². The van der Waals surface area contributed by atoms with Crippen LogP contribution in [0.4, 0.5) is 0 Å². The zero-order valence-corrected chi connectivity index (χ0v) is 6.58. The maximum atomic E-state index is 8.58. The van der Waals surface area contributed by atoms with Gasteiger partial charge in [-0.3, -0.25) is 0 Å². The summed E-state index contributed by atoms with van der Waals surface area (Å²) in [6.07, 6.45) is 0.549. The van der Waals surface area contributed by atoms with Crippen LogP contribution in [-0.2, 0) is 0 Å². The number of furan rings is 1. The van der Waals surface area contributed by atoms with Gasteiger partial charge in [-0.2, -0.15) is 0 Å². The van der Waals surface area contributed by atoms with Crippen molar-refractivity contribution in [3.63, 3.8) is 0 Å². The molecule has 3 heteroatoms. The van der Waals surface area contributed by atoms with E-state index in [-0.39, 0.29) is 12.6 Å². The summed E-state index contributed by atoms with van der Waals surface area (Å²) in [5.74, 6) is 1.60. The van der Waals surface area contributed by atoms with E-state index in [1.165, 1.54) is 0 Å². The largest absolute Gasteiger partial charge is 0.465 e. The Kier molecular flexibility index (Phi) is 2.68. The van der Waals surface area contributed by atoms with Crippen LogP contribution in [0, 0.1) is 6.92 Å². The molecule has 1 atom stereocenters. The maximum absolute atomic E-state index is 8.58. The fourth-order valence-electron chi connectivity index (χ4n) is 0.934. The van der Waals surface area contributed by atoms with E-state index in [1.54, 1.807) is 0 Å². The second kappa shape index (κ2) is 3.55. The van der Waals surface area contributed by atoms with Crippen LogP contribution < -0.4 is 5.73 Å². The molecule has 0 unspecified atom stereocenters. The molecule has 0 spiro atoms. The molecule has 3 nitrogen and oxygen atoms in total. The van der Waals surface area contributed by atoms with Gasteiger partial charge in [0.2, 0.25) is 0 Å². The zero-order valence-electron chi connectivity index (χ0n) is 6.58. The van der Waals surface area contributed by atoms with Gasteiger partial charge in [0.15, 0.2) is 0 Å². The van der Waals surface area contributed by atoms with Crippen molar-refractivity contribution in [1.29, 1.82) is 0 Å². The highest BCUT2D eigenvalue weighted by Crippen LogP contribution is 2.15. The van der Waals surface area contributed by atoms with E-state index in [0.29, 0.717) is 6.42 Å². The standard InChI is InChI=1S/C8H13NO2/c1-6-2-3-8(11-6)7(9)4-5-10/h2-3,7,10H,4-5,9H2,1H3/t7-/m0/s1. The van der Waals surface area contributed by atoms with Gasteiger partial charge in [0.25, 0.3) is 0 Å². The summed E-state index contributed by atoms with van der Waals surface area (Å²) in [7, 11) is 0. The summed E-state index contributed by atoms with van der Waals surface area (Å²) in [5.41, 5.74) is 5.67. The highest BCUT2D eigenvalue weighted by Gasteiger charge is 2.08. The first-order valence-corrected chi connectivity index (χ1v) is 3.67. The molecule has 0 saturated carbocycles. The molecule has 0 fully saturated rings. The first kappa shape index (κ1) is 8.30. The molecule has 0 radical (unpaired) electrons. The van der Waals surface area contributed by atoms with Gasteiger partial charge in [0.1, 0.15) is 11.5 Å². The minimum Gasteiger partial charge on any atom is -0.465 e. The van der Waals surface area contributed by atoms with Gasteiger partial charge >= 0.3 is 0 Å². The van der Waals surface area contributed by atoms with E-state index < -0.39 is 0 Å². The SMILES string of the molecule is Cc1ccc([C@@H](N)CCO)o1. The third kappa shape index (κ3) is 2.06. The van der Waals surface area contributed by atoms with Crippen molar-refractivity contribution in [2.75, 3.05) is 6.61 Å². The van der Waals surface area contributed by atoms with Crippen molar-refractivity contribution in [2.45, 2.75) is 19.4 Å². The van der Waals surface area contributed by atoms with E-state index in [2.05, 4.69) is 0 Å². The quantitative estimate of drug-likeness (QED) is 0.683. The first-order valence-electron chi connectivity index (χ1n) is 3.67. The first-order chi connectivity index (χ1) is 5.24. The molecule has 1 heterocycles. The Hall–Kier alpha value is -0.800. The molecule has 1 aromatic rings. The Morgan fingerprint density at radius 2 is 2.36 bits per heavy atom. The average Bonchev–Trinajstić information content (AvgIpc) is 2.36. The minimum atomic E-state index is -0.173. The monoisotopic (exact) mass is 155 g/mol. The number of hydrogen-bond donors (Lipinski definition) is 2. The van der Waals surface area contributed by atoms with Crippen LogP contribution in [0.25, 0.3) is 0 Å². The number of hydrogen-bond acceptors (Lipinski definition) is 3. The van der Waals surface area contributed by atoms with Gasteiger partial charge in [-0.25, -0.2) is 0 Å². The number of nitrogens with two attached hydrogens (primary N) is 1. The van der Waals surface area contributed by atoms with Crippen molar-refractivity contribution in [1.82, 2.24) is 0 Å². The van der Waals surface area contributed by atoms with Crippen molar-refractivity contribution in [3.05, 3.63) is 23.7 Å². The van der Waals surface area contributed by atoms with Crippen LogP contribution in [0.1, 0.15) is 24.0 Å². The van der Waals surface area contributed by atoms with Crippen LogP contribution in [-0.4, -0.2) is 11.7 Å². The summed E-state index contributed by atoms with van der Waals surface area (Å²) in [5, 5.41) is 8.58. The molecule has 1 aromatic heterocycles. The molecule has 0 aliphatic carbocycles. The Labute approximate surface area is 65.8 Å². The summed E-state index contributed by atoms with van der Waals surface area (Å²) >= 11 is 0. The second-order valence-corrected chi connectivity index (χ2v) is 2.57.